The minimum atomic E-state index is -0.319. The lowest BCUT2D eigenvalue weighted by molar-refractivity contribution is -0.137. The van der Waals surface area contributed by atoms with E-state index in [0.29, 0.717) is 23.1 Å². The Morgan fingerprint density at radius 1 is 1.09 bits per heavy atom. The fourth-order valence-electron chi connectivity index (χ4n) is 2.25. The van der Waals surface area contributed by atoms with Crippen molar-refractivity contribution in [3.8, 4) is 0 Å². The Hall–Kier alpha value is -1.77. The van der Waals surface area contributed by atoms with E-state index in [9.17, 15) is 4.79 Å². The van der Waals surface area contributed by atoms with Crippen LogP contribution in [0.5, 0.6) is 0 Å². The molecule has 0 saturated carbocycles. The van der Waals surface area contributed by atoms with Crippen molar-refractivity contribution in [3.63, 3.8) is 0 Å². The largest absolute Gasteiger partial charge is 0.463 e. The Morgan fingerprint density at radius 2 is 1.83 bits per heavy atom. The van der Waals surface area contributed by atoms with Crippen LogP contribution in [0.4, 0.5) is 0 Å². The number of aryl methyl sites for hydroxylation is 1. The summed E-state index contributed by atoms with van der Waals surface area (Å²) in [6.45, 7) is 2.16. The van der Waals surface area contributed by atoms with Gasteiger partial charge in [-0.1, -0.05) is 59.6 Å². The number of hydrogen-bond donors (Lipinski definition) is 0. The lowest BCUT2D eigenvalue weighted by atomic mass is 9.98. The molecule has 0 aromatic heterocycles. The molecule has 0 spiro atoms. The molecule has 0 unspecified atom stereocenters. The molecule has 0 aliphatic heterocycles. The van der Waals surface area contributed by atoms with Crippen LogP contribution in [0.25, 0.3) is 5.57 Å². The van der Waals surface area contributed by atoms with E-state index < -0.39 is 0 Å². The van der Waals surface area contributed by atoms with Crippen LogP contribution >= 0.6 is 23.2 Å². The second-order valence-electron chi connectivity index (χ2n) is 5.04. The molecule has 120 valence electrons. The van der Waals surface area contributed by atoms with Gasteiger partial charge in [0.2, 0.25) is 0 Å². The lowest BCUT2D eigenvalue weighted by Crippen LogP contribution is -2.02. The van der Waals surface area contributed by atoms with Gasteiger partial charge in [0.05, 0.1) is 16.7 Å². The van der Waals surface area contributed by atoms with Crippen LogP contribution in [-0.4, -0.2) is 12.6 Å². The van der Waals surface area contributed by atoms with E-state index in [-0.39, 0.29) is 5.97 Å². The molecule has 0 bridgehead atoms. The number of esters is 1. The first kappa shape index (κ1) is 17.6. The monoisotopic (exact) mass is 348 g/mol. The summed E-state index contributed by atoms with van der Waals surface area (Å²) in [6.07, 6.45) is 3.04. The van der Waals surface area contributed by atoms with E-state index >= 15 is 0 Å². The minimum absolute atomic E-state index is 0.319. The number of halogens is 2. The first-order valence-electron chi connectivity index (χ1n) is 7.47. The molecule has 0 radical (unpaired) electrons. The number of ether oxygens (including phenoxy) is 1. The highest BCUT2D eigenvalue weighted by Gasteiger charge is 2.07. The molecule has 0 N–H and O–H groups in total. The summed E-state index contributed by atoms with van der Waals surface area (Å²) in [5, 5.41) is 1.08. The molecule has 2 rings (SSSR count). The summed E-state index contributed by atoms with van der Waals surface area (Å²) in [7, 11) is 0. The summed E-state index contributed by atoms with van der Waals surface area (Å²) >= 11 is 12.0. The molecule has 0 aliphatic rings. The summed E-state index contributed by atoms with van der Waals surface area (Å²) in [6, 6.07) is 15.4. The van der Waals surface area contributed by atoms with Crippen molar-refractivity contribution >= 4 is 34.7 Å². The molecule has 2 aromatic rings. The summed E-state index contributed by atoms with van der Waals surface area (Å²) in [5.41, 5.74) is 3.03. The first-order valence-corrected chi connectivity index (χ1v) is 8.22. The summed E-state index contributed by atoms with van der Waals surface area (Å²) in [4.78, 5) is 11.8. The average molecular weight is 349 g/mol. The van der Waals surface area contributed by atoms with Gasteiger partial charge in [-0.05, 0) is 48.6 Å². The van der Waals surface area contributed by atoms with Gasteiger partial charge in [-0.15, -0.1) is 0 Å². The highest BCUT2D eigenvalue weighted by Crippen LogP contribution is 2.25. The standard InChI is InChI=1S/C19H18Cl2O2/c1-2-23-19(22)13-16(15-6-4-3-5-7-15)10-8-14-9-11-17(20)18(21)12-14/h3-7,9,11-13H,2,8,10H2,1H3/b16-13-. The molecule has 2 nitrogen and oxygen atoms in total. The third kappa shape index (κ3) is 5.42. The van der Waals surface area contributed by atoms with Crippen LogP contribution in [0.2, 0.25) is 10.0 Å². The maximum atomic E-state index is 11.8. The number of hydrogen-bond acceptors (Lipinski definition) is 2. The number of carbonyl (C=O) groups is 1. The van der Waals surface area contributed by atoms with Gasteiger partial charge in [-0.2, -0.15) is 0 Å². The number of rotatable bonds is 6. The minimum Gasteiger partial charge on any atom is -0.463 e. The second-order valence-corrected chi connectivity index (χ2v) is 5.85. The van der Waals surface area contributed by atoms with Gasteiger partial charge < -0.3 is 4.74 Å². The normalized spacial score (nSPS) is 11.3. The highest BCUT2D eigenvalue weighted by atomic mass is 35.5. The summed E-state index contributed by atoms with van der Waals surface area (Å²) < 4.78 is 5.03. The van der Waals surface area contributed by atoms with Gasteiger partial charge >= 0.3 is 5.97 Å². The maximum absolute atomic E-state index is 11.8. The van der Waals surface area contributed by atoms with Gasteiger partial charge in [-0.3, -0.25) is 0 Å². The molecule has 0 atom stereocenters. The molecular formula is C19H18Cl2O2. The third-order valence-corrected chi connectivity index (χ3v) is 4.13. The van der Waals surface area contributed by atoms with Crippen molar-refractivity contribution in [1.82, 2.24) is 0 Å². The Morgan fingerprint density at radius 3 is 2.48 bits per heavy atom. The zero-order chi connectivity index (χ0) is 16.7. The molecular weight excluding hydrogens is 331 g/mol. The topological polar surface area (TPSA) is 26.3 Å². The van der Waals surface area contributed by atoms with Crippen molar-refractivity contribution in [2.75, 3.05) is 6.61 Å². The average Bonchev–Trinajstić information content (AvgIpc) is 2.55. The number of benzene rings is 2. The summed E-state index contributed by atoms with van der Waals surface area (Å²) in [5.74, 6) is -0.319. The van der Waals surface area contributed by atoms with Gasteiger partial charge in [0.15, 0.2) is 0 Å². The van der Waals surface area contributed by atoms with Crippen LogP contribution in [-0.2, 0) is 16.0 Å². The van der Waals surface area contributed by atoms with Gasteiger partial charge in [-0.25, -0.2) is 4.79 Å². The van der Waals surface area contributed by atoms with Crippen molar-refractivity contribution < 1.29 is 9.53 Å². The lowest BCUT2D eigenvalue weighted by Gasteiger charge is -2.09. The predicted octanol–water partition coefficient (Wildman–Crippen LogP) is 5.57. The number of allylic oxidation sites excluding steroid dienone is 1. The Balaban J connectivity index is 2.17. The van der Waals surface area contributed by atoms with Crippen molar-refractivity contribution in [3.05, 3.63) is 75.8 Å². The van der Waals surface area contributed by atoms with Gasteiger partial charge in [0.1, 0.15) is 0 Å². The first-order chi connectivity index (χ1) is 11.1. The van der Waals surface area contributed by atoms with E-state index in [0.717, 1.165) is 23.1 Å². The van der Waals surface area contributed by atoms with Gasteiger partial charge in [0, 0.05) is 6.08 Å². The van der Waals surface area contributed by atoms with E-state index in [2.05, 4.69) is 0 Å². The molecule has 2 aromatic carbocycles. The smallest absolute Gasteiger partial charge is 0.331 e. The Labute approximate surface area is 146 Å². The van der Waals surface area contributed by atoms with Crippen LogP contribution in [0, 0.1) is 0 Å². The fourth-order valence-corrected chi connectivity index (χ4v) is 2.57. The van der Waals surface area contributed by atoms with Crippen LogP contribution in [0.1, 0.15) is 24.5 Å². The highest BCUT2D eigenvalue weighted by molar-refractivity contribution is 6.42. The van der Waals surface area contributed by atoms with Crippen molar-refractivity contribution in [2.45, 2.75) is 19.8 Å². The number of carbonyl (C=O) groups excluding carboxylic acids is 1. The molecule has 0 amide bonds. The van der Waals surface area contributed by atoms with Crippen molar-refractivity contribution in [1.29, 1.82) is 0 Å². The maximum Gasteiger partial charge on any atom is 0.331 e. The van der Waals surface area contributed by atoms with Gasteiger partial charge in [0.25, 0.3) is 0 Å². The second kappa shape index (κ2) is 8.76. The predicted molar refractivity (Wildman–Crippen MR) is 95.8 cm³/mol. The Kier molecular flexibility index (Phi) is 6.69. The zero-order valence-corrected chi connectivity index (χ0v) is 14.4. The molecule has 0 fully saturated rings. The van der Waals surface area contributed by atoms with Crippen LogP contribution in [0.3, 0.4) is 0 Å². The van der Waals surface area contributed by atoms with E-state index in [1.165, 1.54) is 0 Å². The fraction of sp³-hybridized carbons (Fsp3) is 0.211. The molecule has 23 heavy (non-hydrogen) atoms. The zero-order valence-electron chi connectivity index (χ0n) is 12.9. The van der Waals surface area contributed by atoms with E-state index in [1.54, 1.807) is 19.1 Å². The third-order valence-electron chi connectivity index (χ3n) is 3.39. The quantitative estimate of drug-likeness (QED) is 0.503. The van der Waals surface area contributed by atoms with Crippen molar-refractivity contribution in [2.24, 2.45) is 0 Å². The van der Waals surface area contributed by atoms with Crippen LogP contribution in [0.15, 0.2) is 54.6 Å². The van der Waals surface area contributed by atoms with Crippen LogP contribution < -0.4 is 0 Å². The molecule has 0 heterocycles. The molecule has 0 aliphatic carbocycles. The SMILES string of the molecule is CCOC(=O)/C=C(/CCc1ccc(Cl)c(Cl)c1)c1ccccc1. The Bertz CT molecular complexity index is 694. The van der Waals surface area contributed by atoms with E-state index in [4.69, 9.17) is 27.9 Å². The molecule has 4 heteroatoms. The van der Waals surface area contributed by atoms with E-state index in [1.807, 2.05) is 42.5 Å². The molecule has 0 saturated heterocycles.